The molecule has 0 aromatic rings. The Morgan fingerprint density at radius 1 is 1.16 bits per heavy atom. The van der Waals surface area contributed by atoms with Gasteiger partial charge >= 0.3 is 6.03 Å². The molecule has 4 aliphatic rings. The lowest BCUT2D eigenvalue weighted by molar-refractivity contribution is -0.0730. The first-order valence-electron chi connectivity index (χ1n) is 7.32. The maximum atomic E-state index is 13.2. The standard InChI is InChI=1S/C14H24FN3O/c1-14(2,3)17-8-11-6-12(9-17)18(11)13(19)16-5-4-10(15)7-16/h10-12H,4-9H2,1-3H3. The molecule has 4 saturated heterocycles. The number of hydrogen-bond donors (Lipinski definition) is 0. The van der Waals surface area contributed by atoms with E-state index < -0.39 is 6.17 Å². The van der Waals surface area contributed by atoms with Crippen molar-refractivity contribution in [3.63, 3.8) is 0 Å². The van der Waals surface area contributed by atoms with Gasteiger partial charge in [0.05, 0.1) is 6.54 Å². The summed E-state index contributed by atoms with van der Waals surface area (Å²) in [7, 11) is 0. The molecule has 3 atom stereocenters. The van der Waals surface area contributed by atoms with Gasteiger partial charge in [-0.15, -0.1) is 0 Å². The Balaban J connectivity index is 1.62. The molecule has 0 saturated carbocycles. The third-order valence-electron chi connectivity index (χ3n) is 4.76. The highest BCUT2D eigenvalue weighted by atomic mass is 19.1. The molecular formula is C14H24FN3O. The largest absolute Gasteiger partial charge is 0.322 e. The van der Waals surface area contributed by atoms with Crippen LogP contribution in [0.2, 0.25) is 0 Å². The Morgan fingerprint density at radius 3 is 2.26 bits per heavy atom. The Labute approximate surface area is 114 Å². The summed E-state index contributed by atoms with van der Waals surface area (Å²) in [6, 6.07) is 0.739. The number of piperidine rings is 1. The van der Waals surface area contributed by atoms with E-state index in [2.05, 4.69) is 25.7 Å². The van der Waals surface area contributed by atoms with Crippen LogP contribution in [-0.2, 0) is 0 Å². The second-order valence-corrected chi connectivity index (χ2v) is 7.14. The number of carbonyl (C=O) groups excluding carboxylic acids is 1. The summed E-state index contributed by atoms with van der Waals surface area (Å²) in [4.78, 5) is 18.6. The van der Waals surface area contributed by atoms with Crippen molar-refractivity contribution in [2.75, 3.05) is 26.2 Å². The van der Waals surface area contributed by atoms with Crippen molar-refractivity contribution < 1.29 is 9.18 Å². The van der Waals surface area contributed by atoms with Crippen molar-refractivity contribution in [2.24, 2.45) is 0 Å². The number of urea groups is 1. The molecule has 4 fully saturated rings. The number of nitrogens with zero attached hydrogens (tertiary/aromatic N) is 3. The van der Waals surface area contributed by atoms with Crippen molar-refractivity contribution in [3.05, 3.63) is 0 Å². The van der Waals surface area contributed by atoms with E-state index in [0.717, 1.165) is 19.5 Å². The van der Waals surface area contributed by atoms with E-state index in [9.17, 15) is 9.18 Å². The number of halogens is 1. The molecular weight excluding hydrogens is 245 g/mol. The minimum atomic E-state index is -0.823. The van der Waals surface area contributed by atoms with Crippen LogP contribution in [0.15, 0.2) is 0 Å². The molecule has 19 heavy (non-hydrogen) atoms. The first kappa shape index (κ1) is 13.2. The van der Waals surface area contributed by atoms with Crippen LogP contribution in [0.1, 0.15) is 33.6 Å². The molecule has 4 nitrogen and oxygen atoms in total. The average Bonchev–Trinajstić information content (AvgIpc) is 2.75. The number of amides is 2. The van der Waals surface area contributed by atoms with Gasteiger partial charge in [-0.1, -0.05) is 0 Å². The third kappa shape index (κ3) is 2.22. The third-order valence-corrected chi connectivity index (χ3v) is 4.76. The quantitative estimate of drug-likeness (QED) is 0.669. The van der Waals surface area contributed by atoms with E-state index in [4.69, 9.17) is 0 Å². The van der Waals surface area contributed by atoms with Crippen LogP contribution in [0.25, 0.3) is 0 Å². The normalized spacial score (nSPS) is 35.5. The number of likely N-dealkylation sites (tertiary alicyclic amines) is 1. The van der Waals surface area contributed by atoms with E-state index in [1.807, 2.05) is 4.90 Å². The number of fused-ring (bicyclic) bond motifs is 2. The summed E-state index contributed by atoms with van der Waals surface area (Å²) < 4.78 is 13.2. The van der Waals surface area contributed by atoms with Gasteiger partial charge in [0, 0.05) is 37.3 Å². The highest BCUT2D eigenvalue weighted by Gasteiger charge is 2.50. The monoisotopic (exact) mass is 269 g/mol. The summed E-state index contributed by atoms with van der Waals surface area (Å²) in [5.41, 5.74) is 0.170. The second kappa shape index (κ2) is 4.33. The first-order chi connectivity index (χ1) is 8.86. The second-order valence-electron chi connectivity index (χ2n) is 7.14. The fraction of sp³-hybridized carbons (Fsp3) is 0.929. The number of piperazine rings is 1. The Morgan fingerprint density at radius 2 is 1.79 bits per heavy atom. The summed E-state index contributed by atoms with van der Waals surface area (Å²) >= 11 is 0. The zero-order chi connectivity index (χ0) is 13.8. The SMILES string of the molecule is CC(C)(C)N1CC2CC(C1)N2C(=O)N1CCC(F)C1. The number of alkyl halides is 1. The van der Waals surface area contributed by atoms with Crippen molar-refractivity contribution >= 4 is 6.03 Å². The van der Waals surface area contributed by atoms with E-state index >= 15 is 0 Å². The van der Waals surface area contributed by atoms with Gasteiger partial charge in [0.15, 0.2) is 0 Å². The molecule has 4 heterocycles. The lowest BCUT2D eigenvalue weighted by Gasteiger charge is -2.59. The van der Waals surface area contributed by atoms with Crippen LogP contribution >= 0.6 is 0 Å². The van der Waals surface area contributed by atoms with Gasteiger partial charge in [0.1, 0.15) is 6.17 Å². The smallest absolute Gasteiger partial charge is 0.320 e. The van der Waals surface area contributed by atoms with Crippen LogP contribution in [0.3, 0.4) is 0 Å². The molecule has 0 aliphatic carbocycles. The molecule has 0 aromatic carbocycles. The highest BCUT2D eigenvalue weighted by Crippen LogP contribution is 2.36. The molecule has 3 unspecified atom stereocenters. The molecule has 0 N–H and O–H groups in total. The number of carbonyl (C=O) groups is 1. The predicted molar refractivity (Wildman–Crippen MR) is 71.8 cm³/mol. The zero-order valence-electron chi connectivity index (χ0n) is 12.1. The zero-order valence-corrected chi connectivity index (χ0v) is 12.1. The fourth-order valence-corrected chi connectivity index (χ4v) is 3.52. The van der Waals surface area contributed by atoms with Crippen molar-refractivity contribution in [2.45, 2.75) is 57.4 Å². The summed E-state index contributed by atoms with van der Waals surface area (Å²) in [5, 5.41) is 0. The van der Waals surface area contributed by atoms with Crippen LogP contribution in [-0.4, -0.2) is 70.7 Å². The highest BCUT2D eigenvalue weighted by molar-refractivity contribution is 5.77. The molecule has 0 spiro atoms. The summed E-state index contributed by atoms with van der Waals surface area (Å²) in [5.74, 6) is 0. The average molecular weight is 269 g/mol. The van der Waals surface area contributed by atoms with Crippen LogP contribution in [0, 0.1) is 0 Å². The van der Waals surface area contributed by atoms with E-state index in [0.29, 0.717) is 25.0 Å². The maximum Gasteiger partial charge on any atom is 0.320 e. The van der Waals surface area contributed by atoms with Gasteiger partial charge in [-0.3, -0.25) is 4.90 Å². The Bertz CT molecular complexity index is 369. The molecule has 2 amide bonds. The number of rotatable bonds is 0. The minimum Gasteiger partial charge on any atom is -0.322 e. The molecule has 4 aliphatic heterocycles. The molecule has 0 radical (unpaired) electrons. The lowest BCUT2D eigenvalue weighted by atomic mass is 9.85. The van der Waals surface area contributed by atoms with E-state index in [1.165, 1.54) is 0 Å². The van der Waals surface area contributed by atoms with Gasteiger partial charge in [-0.2, -0.15) is 0 Å². The molecule has 5 heteroatoms. The maximum absolute atomic E-state index is 13.2. The van der Waals surface area contributed by atoms with Crippen LogP contribution < -0.4 is 0 Å². The predicted octanol–water partition coefficient (Wildman–Crippen LogP) is 1.71. The molecule has 0 aromatic heterocycles. The van der Waals surface area contributed by atoms with Crippen molar-refractivity contribution in [1.29, 1.82) is 0 Å². The number of hydrogen-bond acceptors (Lipinski definition) is 2. The van der Waals surface area contributed by atoms with Gasteiger partial charge in [-0.05, 0) is 33.6 Å². The molecule has 108 valence electrons. The summed E-state index contributed by atoms with van der Waals surface area (Å²) in [6.07, 6.45) is 0.796. The van der Waals surface area contributed by atoms with Crippen LogP contribution in [0.4, 0.5) is 9.18 Å². The first-order valence-corrected chi connectivity index (χ1v) is 7.32. The van der Waals surface area contributed by atoms with Crippen molar-refractivity contribution in [3.8, 4) is 0 Å². The lowest BCUT2D eigenvalue weighted by Crippen LogP contribution is -2.73. The molecule has 4 rings (SSSR count). The Hall–Kier alpha value is -0.840. The van der Waals surface area contributed by atoms with Crippen molar-refractivity contribution in [1.82, 2.24) is 14.7 Å². The fourth-order valence-electron chi connectivity index (χ4n) is 3.52. The van der Waals surface area contributed by atoms with Gasteiger partial charge in [0.2, 0.25) is 0 Å². The molecule has 2 bridgehead atoms. The van der Waals surface area contributed by atoms with Crippen LogP contribution in [0.5, 0.6) is 0 Å². The minimum absolute atomic E-state index is 0.0648. The topological polar surface area (TPSA) is 26.8 Å². The van der Waals surface area contributed by atoms with Gasteiger partial charge in [0.25, 0.3) is 0 Å². The van der Waals surface area contributed by atoms with Gasteiger partial charge in [-0.25, -0.2) is 9.18 Å². The summed E-state index contributed by atoms with van der Waals surface area (Å²) in [6.45, 7) is 9.45. The van der Waals surface area contributed by atoms with E-state index in [-0.39, 0.29) is 18.1 Å². The Kier molecular flexibility index (Phi) is 3.00. The van der Waals surface area contributed by atoms with Gasteiger partial charge < -0.3 is 9.80 Å². The van der Waals surface area contributed by atoms with E-state index in [1.54, 1.807) is 4.90 Å².